The van der Waals surface area contributed by atoms with E-state index in [4.69, 9.17) is 9.47 Å². The molecule has 2 unspecified atom stereocenters. The first-order chi connectivity index (χ1) is 11.1. The number of fused-ring (bicyclic) bond motifs is 3. The highest BCUT2D eigenvalue weighted by atomic mass is 16.5. The number of nitrogens with zero attached hydrogens (tertiary/aromatic N) is 3. The molecule has 2 bridgehead atoms. The van der Waals surface area contributed by atoms with Crippen molar-refractivity contribution in [1.82, 2.24) is 14.7 Å². The number of benzene rings is 1. The minimum absolute atomic E-state index is 0.0571. The van der Waals surface area contributed by atoms with Crippen LogP contribution in [0.4, 0.5) is 0 Å². The molecule has 23 heavy (non-hydrogen) atoms. The van der Waals surface area contributed by atoms with Gasteiger partial charge in [0.05, 0.1) is 18.7 Å². The summed E-state index contributed by atoms with van der Waals surface area (Å²) in [6.07, 6.45) is 1.59. The van der Waals surface area contributed by atoms with Crippen molar-refractivity contribution in [1.29, 1.82) is 0 Å². The van der Waals surface area contributed by atoms with Crippen molar-refractivity contribution in [2.75, 3.05) is 20.3 Å². The maximum atomic E-state index is 12.6. The summed E-state index contributed by atoms with van der Waals surface area (Å²) < 4.78 is 13.1. The molecule has 2 atom stereocenters. The smallest absolute Gasteiger partial charge is 0.359 e. The number of para-hydroxylation sites is 1. The number of aryl methyl sites for hydroxylation is 1. The number of likely N-dealkylation sites (N-methyl/N-ethyl adjacent to an activating group) is 1. The van der Waals surface area contributed by atoms with E-state index in [2.05, 4.69) is 17.0 Å². The van der Waals surface area contributed by atoms with Gasteiger partial charge in [0.1, 0.15) is 6.10 Å². The van der Waals surface area contributed by atoms with Crippen molar-refractivity contribution in [3.63, 3.8) is 0 Å². The van der Waals surface area contributed by atoms with E-state index in [1.807, 2.05) is 31.3 Å². The summed E-state index contributed by atoms with van der Waals surface area (Å²) >= 11 is 0. The summed E-state index contributed by atoms with van der Waals surface area (Å²) in [5.41, 5.74) is 1.34. The number of piperidine rings is 1. The van der Waals surface area contributed by atoms with Crippen LogP contribution in [0.5, 0.6) is 0 Å². The Bertz CT molecular complexity index is 728. The molecule has 0 N–H and O–H groups in total. The third-order valence-electron chi connectivity index (χ3n) is 5.07. The Balaban J connectivity index is 1.54. The highest BCUT2D eigenvalue weighted by Gasteiger charge is 2.38. The van der Waals surface area contributed by atoms with Gasteiger partial charge in [-0.25, -0.2) is 4.79 Å². The average molecular weight is 315 g/mol. The van der Waals surface area contributed by atoms with Crippen molar-refractivity contribution in [2.45, 2.75) is 31.0 Å². The van der Waals surface area contributed by atoms with Crippen molar-refractivity contribution in [3.8, 4) is 0 Å². The van der Waals surface area contributed by atoms with Gasteiger partial charge in [0.2, 0.25) is 0 Å². The molecular formula is C17H21N3O3. The predicted molar refractivity (Wildman–Crippen MR) is 85.3 cm³/mol. The first-order valence-corrected chi connectivity index (χ1v) is 8.06. The van der Waals surface area contributed by atoms with Gasteiger partial charge in [0.25, 0.3) is 0 Å². The molecule has 0 spiro atoms. The number of esters is 1. The van der Waals surface area contributed by atoms with E-state index in [-0.39, 0.29) is 12.1 Å². The van der Waals surface area contributed by atoms with Crippen LogP contribution in [-0.2, 0) is 16.5 Å². The van der Waals surface area contributed by atoms with Crippen LogP contribution >= 0.6 is 0 Å². The monoisotopic (exact) mass is 315 g/mol. The fourth-order valence-corrected chi connectivity index (χ4v) is 3.71. The lowest BCUT2D eigenvalue weighted by atomic mass is 9.92. The quantitative estimate of drug-likeness (QED) is 0.788. The van der Waals surface area contributed by atoms with E-state index in [1.54, 1.807) is 4.68 Å². The molecule has 2 fully saturated rings. The minimum Gasteiger partial charge on any atom is -0.457 e. The third kappa shape index (κ3) is 2.52. The van der Waals surface area contributed by atoms with Gasteiger partial charge in [-0.2, -0.15) is 5.10 Å². The lowest BCUT2D eigenvalue weighted by Gasteiger charge is -2.46. The van der Waals surface area contributed by atoms with Crippen LogP contribution in [0.25, 0.3) is 10.9 Å². The second kappa shape index (κ2) is 5.62. The molecule has 0 amide bonds. The van der Waals surface area contributed by atoms with Crippen molar-refractivity contribution in [3.05, 3.63) is 30.0 Å². The van der Waals surface area contributed by atoms with E-state index < -0.39 is 0 Å². The topological polar surface area (TPSA) is 56.6 Å². The summed E-state index contributed by atoms with van der Waals surface area (Å²) in [7, 11) is 3.97. The molecule has 0 saturated carbocycles. The average Bonchev–Trinajstić information content (AvgIpc) is 2.86. The number of hydrogen-bond acceptors (Lipinski definition) is 5. The molecule has 2 aromatic rings. The molecule has 0 radical (unpaired) electrons. The Labute approximate surface area is 135 Å². The van der Waals surface area contributed by atoms with Gasteiger partial charge in [-0.3, -0.25) is 9.58 Å². The Morgan fingerprint density at radius 2 is 1.91 bits per heavy atom. The Hall–Kier alpha value is -1.92. The van der Waals surface area contributed by atoms with Gasteiger partial charge in [-0.15, -0.1) is 0 Å². The maximum Gasteiger partial charge on any atom is 0.359 e. The second-order valence-corrected chi connectivity index (χ2v) is 6.50. The van der Waals surface area contributed by atoms with Gasteiger partial charge in [0.15, 0.2) is 5.69 Å². The van der Waals surface area contributed by atoms with Crippen molar-refractivity contribution < 1.29 is 14.3 Å². The van der Waals surface area contributed by atoms with E-state index in [1.165, 1.54) is 0 Å². The van der Waals surface area contributed by atoms with Gasteiger partial charge < -0.3 is 9.47 Å². The first-order valence-electron chi connectivity index (χ1n) is 8.06. The molecule has 122 valence electrons. The van der Waals surface area contributed by atoms with Crippen molar-refractivity contribution in [2.24, 2.45) is 7.05 Å². The van der Waals surface area contributed by atoms with Gasteiger partial charge in [-0.05, 0) is 13.1 Å². The highest BCUT2D eigenvalue weighted by molar-refractivity contribution is 6.02. The first kappa shape index (κ1) is 14.7. The fraction of sp³-hybridized carbons (Fsp3) is 0.529. The van der Waals surface area contributed by atoms with Crippen LogP contribution in [-0.4, -0.2) is 59.1 Å². The lowest BCUT2D eigenvalue weighted by Crippen LogP contribution is -2.56. The van der Waals surface area contributed by atoms with Crippen LogP contribution in [0.3, 0.4) is 0 Å². The SMILES string of the molecule is CN1C2COCC1CC(OC(=O)c1nn(C)c3ccccc13)C2. The normalized spacial score (nSPS) is 28.0. The predicted octanol–water partition coefficient (Wildman–Crippen LogP) is 1.59. The van der Waals surface area contributed by atoms with Crippen LogP contribution in [0.2, 0.25) is 0 Å². The van der Waals surface area contributed by atoms with Gasteiger partial charge in [-0.1, -0.05) is 18.2 Å². The van der Waals surface area contributed by atoms with Gasteiger partial charge >= 0.3 is 5.97 Å². The van der Waals surface area contributed by atoms with E-state index >= 15 is 0 Å². The third-order valence-corrected chi connectivity index (χ3v) is 5.07. The van der Waals surface area contributed by atoms with E-state index in [0.29, 0.717) is 31.0 Å². The number of ether oxygens (including phenoxy) is 2. The standard InChI is InChI=1S/C17H21N3O3/c1-19-11-7-13(8-12(19)10-22-9-11)23-17(21)16-14-5-3-4-6-15(14)20(2)18-16/h3-6,11-13H,7-10H2,1-2H3. The summed E-state index contributed by atoms with van der Waals surface area (Å²) in [6.45, 7) is 1.43. The Morgan fingerprint density at radius 1 is 1.22 bits per heavy atom. The molecule has 6 heteroatoms. The molecule has 2 aliphatic rings. The van der Waals surface area contributed by atoms with Crippen LogP contribution in [0, 0.1) is 0 Å². The molecule has 6 nitrogen and oxygen atoms in total. The number of hydrogen-bond donors (Lipinski definition) is 0. The number of carbonyl (C=O) groups excluding carboxylic acids is 1. The lowest BCUT2D eigenvalue weighted by molar-refractivity contribution is -0.0971. The zero-order chi connectivity index (χ0) is 16.0. The van der Waals surface area contributed by atoms with E-state index in [0.717, 1.165) is 23.7 Å². The molecule has 1 aromatic carbocycles. The van der Waals surface area contributed by atoms with Crippen LogP contribution in [0.15, 0.2) is 24.3 Å². The van der Waals surface area contributed by atoms with E-state index in [9.17, 15) is 4.79 Å². The summed E-state index contributed by atoms with van der Waals surface area (Å²) in [4.78, 5) is 14.9. The molecular weight excluding hydrogens is 294 g/mol. The highest BCUT2D eigenvalue weighted by Crippen LogP contribution is 2.29. The number of rotatable bonds is 2. The van der Waals surface area contributed by atoms with Gasteiger partial charge in [0, 0.05) is 37.4 Å². The molecule has 1 aromatic heterocycles. The van der Waals surface area contributed by atoms with Crippen LogP contribution < -0.4 is 0 Å². The second-order valence-electron chi connectivity index (χ2n) is 6.50. The summed E-state index contributed by atoms with van der Waals surface area (Å²) in [6, 6.07) is 8.39. The number of carbonyl (C=O) groups is 1. The zero-order valence-corrected chi connectivity index (χ0v) is 13.4. The van der Waals surface area contributed by atoms with Crippen molar-refractivity contribution >= 4 is 16.9 Å². The summed E-state index contributed by atoms with van der Waals surface area (Å²) in [5.74, 6) is -0.324. The van der Waals surface area contributed by atoms with Crippen LogP contribution in [0.1, 0.15) is 23.3 Å². The number of morpholine rings is 1. The molecule has 4 rings (SSSR count). The Kier molecular flexibility index (Phi) is 3.58. The molecule has 3 heterocycles. The minimum atomic E-state index is -0.324. The number of aromatic nitrogens is 2. The fourth-order valence-electron chi connectivity index (χ4n) is 3.71. The maximum absolute atomic E-state index is 12.6. The zero-order valence-electron chi connectivity index (χ0n) is 13.4. The molecule has 0 aliphatic carbocycles. The summed E-state index contributed by atoms with van der Waals surface area (Å²) in [5, 5.41) is 5.19. The largest absolute Gasteiger partial charge is 0.457 e. The Morgan fingerprint density at radius 3 is 2.65 bits per heavy atom. The molecule has 2 aliphatic heterocycles. The molecule has 2 saturated heterocycles.